The predicted molar refractivity (Wildman–Crippen MR) is 83.1 cm³/mol. The summed E-state index contributed by atoms with van der Waals surface area (Å²) in [5, 5.41) is 14.0. The second-order valence-corrected chi connectivity index (χ2v) is 6.50. The van der Waals surface area contributed by atoms with Gasteiger partial charge in [0.25, 0.3) is 0 Å². The lowest BCUT2D eigenvalue weighted by molar-refractivity contribution is 0.0472. The van der Waals surface area contributed by atoms with Crippen molar-refractivity contribution in [2.45, 2.75) is 11.5 Å². The number of carbonyl (C=O) groups excluding carboxylic acids is 1. The summed E-state index contributed by atoms with van der Waals surface area (Å²) >= 11 is 5.89. The Labute approximate surface area is 138 Å². The first-order valence-electron chi connectivity index (χ1n) is 6.30. The Morgan fingerprint density at radius 1 is 1.26 bits per heavy atom. The van der Waals surface area contributed by atoms with Crippen LogP contribution in [0.2, 0.25) is 5.02 Å². The maximum absolute atomic E-state index is 12.1. The molecule has 8 heteroatoms. The van der Waals surface area contributed by atoms with E-state index in [9.17, 15) is 13.2 Å². The monoisotopic (exact) mass is 350 g/mol. The second kappa shape index (κ2) is 6.79. The molecule has 0 aliphatic heterocycles. The molecule has 0 aromatic heterocycles. The zero-order valence-corrected chi connectivity index (χ0v) is 13.3. The largest absolute Gasteiger partial charge is 0.457 e. The molecule has 118 valence electrons. The van der Waals surface area contributed by atoms with Gasteiger partial charge in [-0.05, 0) is 24.3 Å². The minimum Gasteiger partial charge on any atom is -0.457 e. The lowest BCUT2D eigenvalue weighted by Gasteiger charge is -2.08. The lowest BCUT2D eigenvalue weighted by atomic mass is 10.1. The highest BCUT2D eigenvalue weighted by molar-refractivity contribution is 7.89. The molecule has 2 rings (SSSR count). The molecule has 2 aromatic rings. The Morgan fingerprint density at radius 3 is 2.61 bits per heavy atom. The molecule has 0 fully saturated rings. The number of hydrogen-bond donors (Lipinski definition) is 1. The third-order valence-electron chi connectivity index (χ3n) is 2.98. The smallest absolute Gasteiger partial charge is 0.340 e. The third kappa shape index (κ3) is 4.07. The topological polar surface area (TPSA) is 110 Å². The average Bonchev–Trinajstić information content (AvgIpc) is 2.52. The maximum atomic E-state index is 12.1. The normalized spacial score (nSPS) is 10.8. The predicted octanol–water partition coefficient (Wildman–Crippen LogP) is 2.22. The van der Waals surface area contributed by atoms with Gasteiger partial charge in [0.1, 0.15) is 6.61 Å². The highest BCUT2D eigenvalue weighted by Crippen LogP contribution is 2.21. The van der Waals surface area contributed by atoms with Crippen LogP contribution in [0.3, 0.4) is 0 Å². The van der Waals surface area contributed by atoms with Crippen LogP contribution in [-0.4, -0.2) is 14.4 Å². The number of primary sulfonamides is 1. The van der Waals surface area contributed by atoms with Crippen molar-refractivity contribution in [3.63, 3.8) is 0 Å². The van der Waals surface area contributed by atoms with Crippen LogP contribution in [0.1, 0.15) is 21.5 Å². The molecular formula is C15H11ClN2O4S. The van der Waals surface area contributed by atoms with Crippen LogP contribution in [0.25, 0.3) is 0 Å². The molecule has 0 atom stereocenters. The molecule has 2 aromatic carbocycles. The molecule has 0 spiro atoms. The minimum atomic E-state index is -3.96. The molecule has 2 N–H and O–H groups in total. The Balaban J connectivity index is 2.23. The molecule has 0 aliphatic carbocycles. The van der Waals surface area contributed by atoms with Crippen LogP contribution < -0.4 is 5.14 Å². The lowest BCUT2D eigenvalue weighted by Crippen LogP contribution is -2.14. The number of sulfonamides is 1. The number of nitrogens with zero attached hydrogens (tertiary/aromatic N) is 1. The molecule has 6 nitrogen and oxygen atoms in total. The van der Waals surface area contributed by atoms with Gasteiger partial charge >= 0.3 is 5.97 Å². The van der Waals surface area contributed by atoms with Gasteiger partial charge in [0.15, 0.2) is 0 Å². The van der Waals surface area contributed by atoms with Crippen molar-refractivity contribution in [3.8, 4) is 6.07 Å². The molecule has 0 unspecified atom stereocenters. The van der Waals surface area contributed by atoms with Crippen molar-refractivity contribution in [3.05, 3.63) is 64.2 Å². The molecular weight excluding hydrogens is 340 g/mol. The zero-order chi connectivity index (χ0) is 17.0. The van der Waals surface area contributed by atoms with Crippen molar-refractivity contribution in [1.82, 2.24) is 0 Å². The van der Waals surface area contributed by atoms with Crippen LogP contribution in [0, 0.1) is 11.3 Å². The van der Waals surface area contributed by atoms with Crippen molar-refractivity contribution < 1.29 is 17.9 Å². The zero-order valence-electron chi connectivity index (χ0n) is 11.7. The van der Waals surface area contributed by atoms with Crippen molar-refractivity contribution >= 4 is 27.6 Å². The summed E-state index contributed by atoms with van der Waals surface area (Å²) in [5.74, 6) is -0.812. The van der Waals surface area contributed by atoms with E-state index in [2.05, 4.69) is 0 Å². The fourth-order valence-electron chi connectivity index (χ4n) is 1.81. The average molecular weight is 351 g/mol. The van der Waals surface area contributed by atoms with Crippen LogP contribution in [-0.2, 0) is 21.4 Å². The van der Waals surface area contributed by atoms with Crippen LogP contribution in [0.4, 0.5) is 0 Å². The van der Waals surface area contributed by atoms with Gasteiger partial charge in [-0.15, -0.1) is 0 Å². The van der Waals surface area contributed by atoms with Crippen molar-refractivity contribution in [2.75, 3.05) is 0 Å². The molecule has 23 heavy (non-hydrogen) atoms. The van der Waals surface area contributed by atoms with E-state index < -0.39 is 16.0 Å². The van der Waals surface area contributed by atoms with Gasteiger partial charge < -0.3 is 4.74 Å². The van der Waals surface area contributed by atoms with Gasteiger partial charge in [-0.25, -0.2) is 18.4 Å². The van der Waals surface area contributed by atoms with E-state index in [4.69, 9.17) is 26.7 Å². The summed E-state index contributed by atoms with van der Waals surface area (Å²) in [4.78, 5) is 11.8. The fraction of sp³-hybridized carbons (Fsp3) is 0.0667. The highest BCUT2D eigenvalue weighted by atomic mass is 35.5. The van der Waals surface area contributed by atoms with Crippen LogP contribution in [0.15, 0.2) is 47.4 Å². The minimum absolute atomic E-state index is 0.0379. The van der Waals surface area contributed by atoms with E-state index >= 15 is 0 Å². The summed E-state index contributed by atoms with van der Waals surface area (Å²) in [7, 11) is -3.96. The first-order valence-corrected chi connectivity index (χ1v) is 8.23. The van der Waals surface area contributed by atoms with Gasteiger partial charge in [-0.1, -0.05) is 29.8 Å². The van der Waals surface area contributed by atoms with Crippen molar-refractivity contribution in [1.29, 1.82) is 5.26 Å². The first-order chi connectivity index (χ1) is 10.8. The summed E-state index contributed by atoms with van der Waals surface area (Å²) < 4.78 is 27.8. The molecule has 0 saturated carbocycles. The van der Waals surface area contributed by atoms with E-state index in [-0.39, 0.29) is 22.1 Å². The number of nitriles is 1. The molecule has 0 heterocycles. The summed E-state index contributed by atoms with van der Waals surface area (Å²) in [6.45, 7) is -0.140. The molecule has 0 amide bonds. The quantitative estimate of drug-likeness (QED) is 0.850. The molecule has 0 radical (unpaired) electrons. The summed E-state index contributed by atoms with van der Waals surface area (Å²) in [6.07, 6.45) is 0. The van der Waals surface area contributed by atoms with Gasteiger partial charge in [-0.2, -0.15) is 5.26 Å². The van der Waals surface area contributed by atoms with E-state index in [1.165, 1.54) is 12.1 Å². The van der Waals surface area contributed by atoms with Gasteiger partial charge in [0.2, 0.25) is 10.0 Å². The Bertz CT molecular complexity index is 904. The molecule has 0 saturated heterocycles. The highest BCUT2D eigenvalue weighted by Gasteiger charge is 2.17. The van der Waals surface area contributed by atoms with Crippen molar-refractivity contribution in [2.24, 2.45) is 5.14 Å². The van der Waals surface area contributed by atoms with Crippen LogP contribution in [0.5, 0.6) is 0 Å². The van der Waals surface area contributed by atoms with Gasteiger partial charge in [0, 0.05) is 5.56 Å². The third-order valence-corrected chi connectivity index (χ3v) is 4.22. The number of esters is 1. The molecule has 0 aliphatic rings. The summed E-state index contributed by atoms with van der Waals surface area (Å²) in [6, 6.07) is 12.1. The van der Waals surface area contributed by atoms with E-state index in [1.807, 2.05) is 6.07 Å². The van der Waals surface area contributed by atoms with Gasteiger partial charge in [-0.3, -0.25) is 0 Å². The van der Waals surface area contributed by atoms with Crippen LogP contribution >= 0.6 is 11.6 Å². The number of benzene rings is 2. The SMILES string of the molecule is N#Cc1ccccc1COC(=O)c1cc(S(N)(=O)=O)ccc1Cl. The molecule has 0 bridgehead atoms. The number of carbonyl (C=O) groups is 1. The number of halogens is 1. The van der Waals surface area contributed by atoms with E-state index in [1.54, 1.807) is 24.3 Å². The van der Waals surface area contributed by atoms with E-state index in [0.717, 1.165) is 6.07 Å². The van der Waals surface area contributed by atoms with E-state index in [0.29, 0.717) is 11.1 Å². The Morgan fingerprint density at radius 2 is 1.96 bits per heavy atom. The fourth-order valence-corrected chi connectivity index (χ4v) is 2.55. The first kappa shape index (κ1) is 17.0. The number of ether oxygens (including phenoxy) is 1. The Hall–Kier alpha value is -2.40. The number of rotatable bonds is 4. The maximum Gasteiger partial charge on any atom is 0.340 e. The number of nitrogens with two attached hydrogens (primary N) is 1. The number of hydrogen-bond acceptors (Lipinski definition) is 5. The summed E-state index contributed by atoms with van der Waals surface area (Å²) in [5.41, 5.74) is 0.791. The Kier molecular flexibility index (Phi) is 5.01. The van der Waals surface area contributed by atoms with Gasteiger partial charge in [0.05, 0.1) is 27.1 Å². The standard InChI is InChI=1S/C15H11ClN2O4S/c16-14-6-5-12(23(18,20)21)7-13(14)15(19)22-9-11-4-2-1-3-10(11)8-17/h1-7H,9H2,(H2,18,20,21). The second-order valence-electron chi connectivity index (χ2n) is 4.53.